The Morgan fingerprint density at radius 1 is 1.56 bits per heavy atom. The highest BCUT2D eigenvalue weighted by atomic mass is 79.9. The Labute approximate surface area is 104 Å². The van der Waals surface area contributed by atoms with Crippen LogP contribution < -0.4 is 11.1 Å². The number of rotatable bonds is 4. The van der Waals surface area contributed by atoms with Crippen LogP contribution in [0.3, 0.4) is 0 Å². The fraction of sp³-hybridized carbons (Fsp3) is 0.333. The second kappa shape index (κ2) is 6.64. The molecule has 4 heteroatoms. The highest BCUT2D eigenvalue weighted by Gasteiger charge is 2.10. The minimum Gasteiger partial charge on any atom is -0.329 e. The lowest BCUT2D eigenvalue weighted by atomic mass is 10.1. The molecule has 86 valence electrons. The molecule has 0 fully saturated rings. The van der Waals surface area contributed by atoms with Crippen molar-refractivity contribution in [1.82, 2.24) is 5.32 Å². The van der Waals surface area contributed by atoms with E-state index in [1.165, 1.54) is 6.07 Å². The van der Waals surface area contributed by atoms with Crippen molar-refractivity contribution >= 4 is 15.9 Å². The third-order valence-corrected chi connectivity index (χ3v) is 2.84. The third-order valence-electron chi connectivity index (χ3n) is 2.20. The summed E-state index contributed by atoms with van der Waals surface area (Å²) in [5.41, 5.74) is 6.46. The number of hydrogen-bond donors (Lipinski definition) is 2. The predicted octanol–water partition coefficient (Wildman–Crippen LogP) is 2.20. The van der Waals surface area contributed by atoms with Gasteiger partial charge in [0.1, 0.15) is 5.82 Å². The fourth-order valence-electron chi connectivity index (χ4n) is 1.33. The summed E-state index contributed by atoms with van der Waals surface area (Å²) >= 11 is 3.12. The normalized spacial score (nSPS) is 11.8. The van der Waals surface area contributed by atoms with Gasteiger partial charge in [-0.2, -0.15) is 0 Å². The van der Waals surface area contributed by atoms with Crippen molar-refractivity contribution in [3.63, 3.8) is 0 Å². The Bertz CT molecular complexity index is 409. The lowest BCUT2D eigenvalue weighted by molar-refractivity contribution is 0.568. The maximum absolute atomic E-state index is 13.3. The van der Waals surface area contributed by atoms with E-state index >= 15 is 0 Å². The van der Waals surface area contributed by atoms with Crippen LogP contribution in [0.1, 0.15) is 18.5 Å². The zero-order chi connectivity index (χ0) is 12.0. The molecule has 0 aromatic heterocycles. The molecule has 0 aliphatic carbocycles. The molecule has 0 radical (unpaired) electrons. The van der Waals surface area contributed by atoms with Gasteiger partial charge in [0.25, 0.3) is 0 Å². The van der Waals surface area contributed by atoms with Crippen molar-refractivity contribution in [2.24, 2.45) is 5.73 Å². The average Bonchev–Trinajstić information content (AvgIpc) is 2.29. The highest BCUT2D eigenvalue weighted by molar-refractivity contribution is 9.10. The number of benzene rings is 1. The summed E-state index contributed by atoms with van der Waals surface area (Å²) in [6, 6.07) is 4.94. The van der Waals surface area contributed by atoms with Gasteiger partial charge in [-0.25, -0.2) is 4.39 Å². The van der Waals surface area contributed by atoms with E-state index in [-0.39, 0.29) is 11.9 Å². The molecule has 1 unspecified atom stereocenters. The second-order valence-corrected chi connectivity index (χ2v) is 4.12. The summed E-state index contributed by atoms with van der Waals surface area (Å²) in [6.45, 7) is 2.74. The van der Waals surface area contributed by atoms with Gasteiger partial charge in [0.05, 0.1) is 11.0 Å². The van der Waals surface area contributed by atoms with Gasteiger partial charge in [-0.3, -0.25) is 5.32 Å². The van der Waals surface area contributed by atoms with Crippen LogP contribution >= 0.6 is 15.9 Å². The Hall–Kier alpha value is -0.890. The molecule has 3 N–H and O–H groups in total. The molecular formula is C12H14BrFN2. The molecule has 0 spiro atoms. The molecule has 0 bridgehead atoms. The van der Waals surface area contributed by atoms with Crippen molar-refractivity contribution < 1.29 is 4.39 Å². The van der Waals surface area contributed by atoms with Crippen LogP contribution in [0, 0.1) is 17.7 Å². The lowest BCUT2D eigenvalue weighted by Gasteiger charge is -2.15. The Morgan fingerprint density at radius 3 is 2.88 bits per heavy atom. The van der Waals surface area contributed by atoms with Crippen molar-refractivity contribution in [2.75, 3.05) is 13.1 Å². The van der Waals surface area contributed by atoms with Crippen LogP contribution in [-0.4, -0.2) is 13.1 Å². The summed E-state index contributed by atoms with van der Waals surface area (Å²) in [5.74, 6) is 5.39. The maximum Gasteiger partial charge on any atom is 0.137 e. The van der Waals surface area contributed by atoms with Gasteiger partial charge < -0.3 is 5.73 Å². The van der Waals surface area contributed by atoms with E-state index in [0.717, 1.165) is 5.56 Å². The zero-order valence-corrected chi connectivity index (χ0v) is 10.6. The minimum absolute atomic E-state index is 0.0663. The first-order chi connectivity index (χ1) is 7.69. The Kier molecular flexibility index (Phi) is 5.47. The van der Waals surface area contributed by atoms with E-state index in [1.807, 2.05) is 6.07 Å². The fourth-order valence-corrected chi connectivity index (χ4v) is 1.58. The van der Waals surface area contributed by atoms with Crippen molar-refractivity contribution in [2.45, 2.75) is 13.0 Å². The monoisotopic (exact) mass is 284 g/mol. The van der Waals surface area contributed by atoms with Gasteiger partial charge in [-0.05, 0) is 40.5 Å². The number of hydrogen-bond acceptors (Lipinski definition) is 2. The van der Waals surface area contributed by atoms with Crippen LogP contribution in [0.2, 0.25) is 0 Å². The smallest absolute Gasteiger partial charge is 0.137 e. The standard InChI is InChI=1S/C12H14BrFN2/c1-2-3-6-16-12(8-15)9-4-5-10(13)11(14)7-9/h4-5,7,12,16H,6,8,15H2,1H3. The number of halogens is 2. The topological polar surface area (TPSA) is 38.0 Å². The molecule has 1 aromatic rings. The first kappa shape index (κ1) is 13.2. The van der Waals surface area contributed by atoms with Crippen LogP contribution in [0.5, 0.6) is 0 Å². The van der Waals surface area contributed by atoms with Crippen molar-refractivity contribution in [1.29, 1.82) is 0 Å². The van der Waals surface area contributed by atoms with E-state index in [9.17, 15) is 4.39 Å². The molecule has 1 atom stereocenters. The first-order valence-electron chi connectivity index (χ1n) is 4.97. The summed E-state index contributed by atoms with van der Waals surface area (Å²) in [4.78, 5) is 0. The largest absolute Gasteiger partial charge is 0.329 e. The average molecular weight is 285 g/mol. The molecule has 0 saturated carbocycles. The summed E-state index contributed by atoms with van der Waals surface area (Å²) < 4.78 is 13.8. The lowest BCUT2D eigenvalue weighted by Crippen LogP contribution is -2.28. The minimum atomic E-state index is -0.278. The molecule has 2 nitrogen and oxygen atoms in total. The molecule has 0 amide bonds. The molecule has 0 heterocycles. The van der Waals surface area contributed by atoms with Crippen LogP contribution in [0.4, 0.5) is 4.39 Å². The highest BCUT2D eigenvalue weighted by Crippen LogP contribution is 2.20. The van der Waals surface area contributed by atoms with Gasteiger partial charge >= 0.3 is 0 Å². The molecule has 16 heavy (non-hydrogen) atoms. The molecule has 0 saturated heterocycles. The van der Waals surface area contributed by atoms with Gasteiger partial charge in [0.2, 0.25) is 0 Å². The molecule has 0 aliphatic rings. The maximum atomic E-state index is 13.3. The van der Waals surface area contributed by atoms with Gasteiger partial charge in [-0.1, -0.05) is 12.0 Å². The molecule has 1 aromatic carbocycles. The molecule has 1 rings (SSSR count). The third kappa shape index (κ3) is 3.60. The SMILES string of the molecule is CC#CCNC(CN)c1ccc(Br)c(F)c1. The second-order valence-electron chi connectivity index (χ2n) is 3.27. The summed E-state index contributed by atoms with van der Waals surface area (Å²) in [6.07, 6.45) is 0. The van der Waals surface area contributed by atoms with Crippen LogP contribution in [-0.2, 0) is 0 Å². The van der Waals surface area contributed by atoms with Gasteiger partial charge in [0.15, 0.2) is 0 Å². The van der Waals surface area contributed by atoms with E-state index in [4.69, 9.17) is 5.73 Å². The quantitative estimate of drug-likeness (QED) is 0.832. The van der Waals surface area contributed by atoms with Gasteiger partial charge in [0, 0.05) is 12.6 Å². The zero-order valence-electron chi connectivity index (χ0n) is 9.06. The Balaban J connectivity index is 2.77. The van der Waals surface area contributed by atoms with Gasteiger partial charge in [-0.15, -0.1) is 5.92 Å². The summed E-state index contributed by atoms with van der Waals surface area (Å²) in [5, 5.41) is 3.15. The van der Waals surface area contributed by atoms with Crippen LogP contribution in [0.15, 0.2) is 22.7 Å². The molecule has 0 aliphatic heterocycles. The van der Waals surface area contributed by atoms with E-state index in [2.05, 4.69) is 33.1 Å². The van der Waals surface area contributed by atoms with E-state index < -0.39 is 0 Å². The first-order valence-corrected chi connectivity index (χ1v) is 5.76. The molecular weight excluding hydrogens is 271 g/mol. The van der Waals surface area contributed by atoms with E-state index in [1.54, 1.807) is 13.0 Å². The van der Waals surface area contributed by atoms with Crippen molar-refractivity contribution in [3.05, 3.63) is 34.1 Å². The number of nitrogens with one attached hydrogen (secondary N) is 1. The predicted molar refractivity (Wildman–Crippen MR) is 67.3 cm³/mol. The van der Waals surface area contributed by atoms with Crippen LogP contribution in [0.25, 0.3) is 0 Å². The van der Waals surface area contributed by atoms with E-state index in [0.29, 0.717) is 17.6 Å². The van der Waals surface area contributed by atoms with Crippen molar-refractivity contribution in [3.8, 4) is 11.8 Å². The number of nitrogens with two attached hydrogens (primary N) is 1. The Morgan fingerprint density at radius 2 is 2.31 bits per heavy atom. The summed E-state index contributed by atoms with van der Waals surface area (Å²) in [7, 11) is 0.